The Morgan fingerprint density at radius 3 is 2.84 bits per heavy atom. The number of aryl methyl sites for hydroxylation is 1. The van der Waals surface area contributed by atoms with Crippen LogP contribution in [0.25, 0.3) is 0 Å². The van der Waals surface area contributed by atoms with Crippen molar-refractivity contribution in [3.05, 3.63) is 30.4 Å². The molecule has 0 saturated carbocycles. The van der Waals surface area contributed by atoms with Crippen molar-refractivity contribution in [1.29, 1.82) is 0 Å². The van der Waals surface area contributed by atoms with Gasteiger partial charge in [0.25, 0.3) is 0 Å². The Labute approximate surface area is 112 Å². The largest absolute Gasteiger partial charge is 0.366 e. The molecule has 0 spiro atoms. The van der Waals surface area contributed by atoms with Crippen molar-refractivity contribution in [2.75, 3.05) is 30.4 Å². The number of aromatic nitrogens is 3. The molecule has 100 valence electrons. The number of nitrogens with one attached hydrogen (secondary N) is 3. The van der Waals surface area contributed by atoms with Crippen LogP contribution in [0.5, 0.6) is 0 Å². The van der Waals surface area contributed by atoms with Crippen LogP contribution in [0.3, 0.4) is 0 Å². The summed E-state index contributed by atoms with van der Waals surface area (Å²) in [4.78, 5) is 14.0. The van der Waals surface area contributed by atoms with Gasteiger partial charge in [0.15, 0.2) is 0 Å². The highest BCUT2D eigenvalue weighted by molar-refractivity contribution is 5.61. The molecule has 1 aliphatic rings. The lowest BCUT2D eigenvalue weighted by Gasteiger charge is -2.29. The van der Waals surface area contributed by atoms with Crippen molar-refractivity contribution in [3.63, 3.8) is 0 Å². The van der Waals surface area contributed by atoms with E-state index in [-0.39, 0.29) is 0 Å². The molecule has 0 aromatic carbocycles. The molecule has 0 radical (unpaired) electrons. The van der Waals surface area contributed by atoms with Gasteiger partial charge in [-0.1, -0.05) is 0 Å². The van der Waals surface area contributed by atoms with Gasteiger partial charge in [-0.15, -0.1) is 0 Å². The first-order valence-corrected chi connectivity index (χ1v) is 6.42. The maximum atomic E-state index is 4.49. The van der Waals surface area contributed by atoms with E-state index >= 15 is 0 Å². The Morgan fingerprint density at radius 2 is 2.21 bits per heavy atom. The van der Waals surface area contributed by atoms with Gasteiger partial charge in [0, 0.05) is 38.6 Å². The summed E-state index contributed by atoms with van der Waals surface area (Å²) in [6.07, 6.45) is 3.85. The summed E-state index contributed by atoms with van der Waals surface area (Å²) in [7, 11) is 2.00. The van der Waals surface area contributed by atoms with Gasteiger partial charge in [0.1, 0.15) is 17.5 Å². The lowest BCUT2D eigenvalue weighted by Crippen LogP contribution is -2.51. The van der Waals surface area contributed by atoms with Gasteiger partial charge in [-0.3, -0.25) is 0 Å². The number of rotatable bonds is 4. The van der Waals surface area contributed by atoms with Crippen molar-refractivity contribution in [3.8, 4) is 0 Å². The fourth-order valence-electron chi connectivity index (χ4n) is 2.05. The highest BCUT2D eigenvalue weighted by atomic mass is 15.2. The Bertz CT molecular complexity index is 546. The van der Waals surface area contributed by atoms with E-state index in [2.05, 4.69) is 25.6 Å². The molecule has 2 aromatic rings. The van der Waals surface area contributed by atoms with Gasteiger partial charge in [-0.25, -0.2) is 9.97 Å². The van der Waals surface area contributed by atoms with Gasteiger partial charge in [0.2, 0.25) is 0 Å². The second-order valence-electron chi connectivity index (χ2n) is 4.79. The lowest BCUT2D eigenvalue weighted by molar-refractivity contribution is 0.471. The Hall–Kier alpha value is -2.08. The molecule has 0 unspecified atom stereocenters. The van der Waals surface area contributed by atoms with Crippen LogP contribution in [-0.2, 0) is 0 Å². The van der Waals surface area contributed by atoms with Crippen molar-refractivity contribution >= 4 is 17.3 Å². The summed E-state index contributed by atoms with van der Waals surface area (Å²) in [6, 6.07) is 4.47. The zero-order valence-corrected chi connectivity index (χ0v) is 11.1. The van der Waals surface area contributed by atoms with E-state index in [1.54, 1.807) is 0 Å². The SMILES string of the molecule is Cc1nc(NC2CNC2)cc(N(C)c2cc[nH]c2)n1. The third-order valence-electron chi connectivity index (χ3n) is 3.27. The second kappa shape index (κ2) is 4.89. The number of hydrogen-bond donors (Lipinski definition) is 3. The van der Waals surface area contributed by atoms with E-state index in [0.717, 1.165) is 36.2 Å². The number of anilines is 3. The predicted molar refractivity (Wildman–Crippen MR) is 75.9 cm³/mol. The van der Waals surface area contributed by atoms with Crippen LogP contribution in [-0.4, -0.2) is 41.1 Å². The third-order valence-corrected chi connectivity index (χ3v) is 3.27. The molecule has 0 aliphatic carbocycles. The number of hydrogen-bond acceptors (Lipinski definition) is 5. The first-order valence-electron chi connectivity index (χ1n) is 6.42. The van der Waals surface area contributed by atoms with E-state index in [9.17, 15) is 0 Å². The quantitative estimate of drug-likeness (QED) is 0.770. The normalized spacial score (nSPS) is 15.1. The van der Waals surface area contributed by atoms with Crippen LogP contribution < -0.4 is 15.5 Å². The minimum Gasteiger partial charge on any atom is -0.366 e. The van der Waals surface area contributed by atoms with Crippen LogP contribution >= 0.6 is 0 Å². The molecule has 3 N–H and O–H groups in total. The fraction of sp³-hybridized carbons (Fsp3) is 0.385. The maximum Gasteiger partial charge on any atom is 0.138 e. The molecule has 1 saturated heterocycles. The molecule has 2 aromatic heterocycles. The van der Waals surface area contributed by atoms with E-state index in [4.69, 9.17) is 0 Å². The molecule has 19 heavy (non-hydrogen) atoms. The van der Waals surface area contributed by atoms with Crippen LogP contribution in [0.15, 0.2) is 24.5 Å². The molecule has 6 heteroatoms. The Morgan fingerprint density at radius 1 is 1.37 bits per heavy atom. The summed E-state index contributed by atoms with van der Waals surface area (Å²) < 4.78 is 0. The van der Waals surface area contributed by atoms with Gasteiger partial charge < -0.3 is 20.5 Å². The van der Waals surface area contributed by atoms with Crippen molar-refractivity contribution in [2.24, 2.45) is 0 Å². The van der Waals surface area contributed by atoms with Crippen molar-refractivity contribution in [1.82, 2.24) is 20.3 Å². The second-order valence-corrected chi connectivity index (χ2v) is 4.79. The zero-order valence-electron chi connectivity index (χ0n) is 11.1. The molecule has 1 aliphatic heterocycles. The van der Waals surface area contributed by atoms with E-state index in [1.165, 1.54) is 0 Å². The summed E-state index contributed by atoms with van der Waals surface area (Å²) >= 11 is 0. The van der Waals surface area contributed by atoms with Crippen molar-refractivity contribution < 1.29 is 0 Å². The summed E-state index contributed by atoms with van der Waals surface area (Å²) in [5.41, 5.74) is 1.08. The average molecular weight is 258 g/mol. The highest BCUT2D eigenvalue weighted by Gasteiger charge is 2.17. The van der Waals surface area contributed by atoms with Crippen LogP contribution in [0.4, 0.5) is 17.3 Å². The van der Waals surface area contributed by atoms with Gasteiger partial charge in [-0.2, -0.15) is 0 Å². The first kappa shape index (κ1) is 12.0. The summed E-state index contributed by atoms with van der Waals surface area (Å²) in [5, 5.41) is 6.65. The molecule has 6 nitrogen and oxygen atoms in total. The predicted octanol–water partition coefficient (Wildman–Crippen LogP) is 1.26. The van der Waals surface area contributed by atoms with Gasteiger partial charge >= 0.3 is 0 Å². The van der Waals surface area contributed by atoms with Crippen LogP contribution in [0, 0.1) is 6.92 Å². The molecule has 0 bridgehead atoms. The summed E-state index contributed by atoms with van der Waals surface area (Å²) in [5.74, 6) is 2.55. The highest BCUT2D eigenvalue weighted by Crippen LogP contribution is 2.23. The molecule has 3 heterocycles. The molecular weight excluding hydrogens is 240 g/mol. The van der Waals surface area contributed by atoms with Gasteiger partial charge in [-0.05, 0) is 13.0 Å². The number of nitrogens with zero attached hydrogens (tertiary/aromatic N) is 3. The lowest BCUT2D eigenvalue weighted by atomic mass is 10.2. The minimum absolute atomic E-state index is 0.472. The maximum absolute atomic E-state index is 4.49. The third kappa shape index (κ3) is 2.53. The number of H-pyrrole nitrogens is 1. The van der Waals surface area contributed by atoms with Crippen molar-refractivity contribution in [2.45, 2.75) is 13.0 Å². The molecule has 3 rings (SSSR count). The van der Waals surface area contributed by atoms with Crippen LogP contribution in [0.1, 0.15) is 5.82 Å². The van der Waals surface area contributed by atoms with Crippen LogP contribution in [0.2, 0.25) is 0 Å². The Kier molecular flexibility index (Phi) is 3.08. The van der Waals surface area contributed by atoms with E-state index in [0.29, 0.717) is 6.04 Å². The molecule has 0 atom stereocenters. The fourth-order valence-corrected chi connectivity index (χ4v) is 2.05. The zero-order chi connectivity index (χ0) is 13.2. The topological polar surface area (TPSA) is 68.9 Å². The Balaban J connectivity index is 1.84. The molecule has 1 fully saturated rings. The molecule has 0 amide bonds. The van der Waals surface area contributed by atoms with Gasteiger partial charge in [0.05, 0.1) is 11.7 Å². The molecular formula is C13H18N6. The average Bonchev–Trinajstić information content (AvgIpc) is 2.86. The number of aromatic amines is 1. The first-order chi connectivity index (χ1) is 9.22. The smallest absolute Gasteiger partial charge is 0.138 e. The van der Waals surface area contributed by atoms with E-state index < -0.39 is 0 Å². The summed E-state index contributed by atoms with van der Waals surface area (Å²) in [6.45, 7) is 3.90. The monoisotopic (exact) mass is 258 g/mol. The van der Waals surface area contributed by atoms with E-state index in [1.807, 2.05) is 43.4 Å². The standard InChI is InChI=1S/C13H18N6/c1-9-16-12(18-10-6-15-7-10)5-13(17-9)19(2)11-3-4-14-8-11/h3-5,8,10,14-15H,6-7H2,1-2H3,(H,16,17,18). The minimum atomic E-state index is 0.472.